The van der Waals surface area contributed by atoms with Crippen LogP contribution in [-0.4, -0.2) is 60.8 Å². The normalized spacial score (nSPS) is 14.9. The van der Waals surface area contributed by atoms with E-state index in [1.165, 1.54) is 0 Å². The van der Waals surface area contributed by atoms with Crippen LogP contribution in [0.3, 0.4) is 0 Å². The van der Waals surface area contributed by atoms with E-state index in [9.17, 15) is 9.59 Å². The molecule has 0 radical (unpaired) electrons. The maximum atomic E-state index is 12.2. The summed E-state index contributed by atoms with van der Waals surface area (Å²) in [6, 6.07) is 16.8. The second kappa shape index (κ2) is 16.5. The first kappa shape index (κ1) is 36.1. The van der Waals surface area contributed by atoms with Crippen LogP contribution in [0.15, 0.2) is 60.8 Å². The van der Waals surface area contributed by atoms with Crippen molar-refractivity contribution in [1.82, 2.24) is 25.9 Å². The standard InChI is InChI=1S/C37H41Cl2N5O5/c1-21(2)49-37(46)22(3)42-19-24-10-9-23(17-31(24)47-4)35-34(39)28(15-16-41-35)27-7-6-8-29(33(27)38)30-13-11-25(36(44-30)48-5)18-40-20-26-12-14-32(45)43-26/h6-11,13,15-17,21-22,26,40,42H,12,14,18-20H2,1-5H3,(H,43,45)/t22-,26-/m0/s1. The largest absolute Gasteiger partial charge is 0.496 e. The molecule has 0 bridgehead atoms. The summed E-state index contributed by atoms with van der Waals surface area (Å²) in [4.78, 5) is 33.1. The van der Waals surface area contributed by atoms with Gasteiger partial charge in [-0.1, -0.05) is 59.6 Å². The van der Waals surface area contributed by atoms with Crippen molar-refractivity contribution < 1.29 is 23.8 Å². The number of nitrogens with one attached hydrogen (secondary N) is 3. The highest BCUT2D eigenvalue weighted by molar-refractivity contribution is 6.39. The van der Waals surface area contributed by atoms with Crippen LogP contribution >= 0.6 is 23.2 Å². The second-order valence-electron chi connectivity index (χ2n) is 12.1. The molecule has 1 aliphatic heterocycles. The minimum Gasteiger partial charge on any atom is -0.496 e. The molecule has 0 unspecified atom stereocenters. The zero-order valence-electron chi connectivity index (χ0n) is 28.2. The van der Waals surface area contributed by atoms with Crippen LogP contribution in [0.5, 0.6) is 11.6 Å². The van der Waals surface area contributed by atoms with Gasteiger partial charge in [-0.25, -0.2) is 4.98 Å². The molecule has 0 spiro atoms. The van der Waals surface area contributed by atoms with Gasteiger partial charge in [-0.15, -0.1) is 0 Å². The van der Waals surface area contributed by atoms with E-state index in [0.717, 1.165) is 34.2 Å². The predicted molar refractivity (Wildman–Crippen MR) is 192 cm³/mol. The lowest BCUT2D eigenvalue weighted by atomic mass is 9.99. The van der Waals surface area contributed by atoms with E-state index >= 15 is 0 Å². The Balaban J connectivity index is 1.36. The van der Waals surface area contributed by atoms with E-state index in [0.29, 0.717) is 64.7 Å². The van der Waals surface area contributed by atoms with Gasteiger partial charge in [0.2, 0.25) is 11.8 Å². The first-order valence-corrected chi connectivity index (χ1v) is 16.9. The molecule has 3 heterocycles. The third-order valence-corrected chi connectivity index (χ3v) is 9.03. The molecule has 5 rings (SSSR count). The molecule has 2 atom stereocenters. The van der Waals surface area contributed by atoms with Crippen molar-refractivity contribution in [2.75, 3.05) is 20.8 Å². The molecule has 0 aliphatic carbocycles. The number of pyridine rings is 2. The highest BCUT2D eigenvalue weighted by Crippen LogP contribution is 2.42. The van der Waals surface area contributed by atoms with Crippen molar-refractivity contribution in [2.24, 2.45) is 0 Å². The molecule has 4 aromatic rings. The van der Waals surface area contributed by atoms with Crippen molar-refractivity contribution in [3.63, 3.8) is 0 Å². The number of hydrogen-bond donors (Lipinski definition) is 3. The van der Waals surface area contributed by atoms with Crippen LogP contribution in [0, 0.1) is 0 Å². The summed E-state index contributed by atoms with van der Waals surface area (Å²) >= 11 is 14.1. The number of ether oxygens (including phenoxy) is 3. The molecule has 2 aromatic carbocycles. The Labute approximate surface area is 296 Å². The summed E-state index contributed by atoms with van der Waals surface area (Å²) in [5, 5.41) is 10.5. The van der Waals surface area contributed by atoms with Gasteiger partial charge in [0.1, 0.15) is 11.8 Å². The van der Waals surface area contributed by atoms with Gasteiger partial charge in [0.25, 0.3) is 0 Å². The minimum absolute atomic E-state index is 0.0933. The van der Waals surface area contributed by atoms with Crippen molar-refractivity contribution in [2.45, 2.75) is 64.9 Å². The number of carbonyl (C=O) groups excluding carboxylic acids is 2. The molecule has 3 N–H and O–H groups in total. The average Bonchev–Trinajstić information content (AvgIpc) is 3.51. The Morgan fingerprint density at radius 1 is 0.959 bits per heavy atom. The predicted octanol–water partition coefficient (Wildman–Crippen LogP) is 6.60. The van der Waals surface area contributed by atoms with E-state index in [1.807, 2.05) is 68.4 Å². The monoisotopic (exact) mass is 705 g/mol. The molecule has 10 nitrogen and oxygen atoms in total. The number of halogens is 2. The molecule has 49 heavy (non-hydrogen) atoms. The molecule has 258 valence electrons. The van der Waals surface area contributed by atoms with Gasteiger partial charge in [0.15, 0.2) is 0 Å². The van der Waals surface area contributed by atoms with Crippen molar-refractivity contribution in [3.8, 4) is 45.3 Å². The van der Waals surface area contributed by atoms with E-state index in [4.69, 9.17) is 42.4 Å². The first-order chi connectivity index (χ1) is 23.6. The van der Waals surface area contributed by atoms with E-state index in [2.05, 4.69) is 20.9 Å². The number of nitrogens with zero attached hydrogens (tertiary/aromatic N) is 2. The van der Waals surface area contributed by atoms with Crippen LogP contribution in [0.2, 0.25) is 10.0 Å². The average molecular weight is 707 g/mol. The lowest BCUT2D eigenvalue weighted by Crippen LogP contribution is -2.36. The number of aromatic nitrogens is 2. The Hall–Kier alpha value is -4.22. The second-order valence-corrected chi connectivity index (χ2v) is 12.9. The number of carbonyl (C=O) groups is 2. The summed E-state index contributed by atoms with van der Waals surface area (Å²) in [5.74, 6) is 0.898. The number of hydrogen-bond acceptors (Lipinski definition) is 9. The molecule has 2 aromatic heterocycles. The molecule has 1 saturated heterocycles. The summed E-state index contributed by atoms with van der Waals surface area (Å²) < 4.78 is 16.6. The van der Waals surface area contributed by atoms with Crippen LogP contribution in [-0.2, 0) is 27.4 Å². The molecule has 1 amide bonds. The number of rotatable bonds is 14. The van der Waals surface area contributed by atoms with Gasteiger partial charge >= 0.3 is 5.97 Å². The zero-order valence-corrected chi connectivity index (χ0v) is 29.7. The molecular formula is C37H41Cl2N5O5. The van der Waals surface area contributed by atoms with Crippen LogP contribution in [0.4, 0.5) is 0 Å². The molecule has 1 fully saturated rings. The molecule has 1 aliphatic rings. The molecule has 12 heteroatoms. The fourth-order valence-electron chi connectivity index (χ4n) is 5.65. The number of amides is 1. The molecule has 0 saturated carbocycles. The van der Waals surface area contributed by atoms with E-state index in [-0.39, 0.29) is 24.0 Å². The number of esters is 1. The number of methoxy groups -OCH3 is 2. The number of benzene rings is 2. The fourth-order valence-corrected chi connectivity index (χ4v) is 6.30. The van der Waals surface area contributed by atoms with Crippen molar-refractivity contribution in [1.29, 1.82) is 0 Å². The SMILES string of the molecule is COc1cc(-c2nccc(-c3cccc(-c4ccc(CNC[C@@H]5CCC(=O)N5)c(OC)n4)c3Cl)c2Cl)ccc1CN[C@@H](C)C(=O)OC(C)C. The maximum Gasteiger partial charge on any atom is 0.323 e. The van der Waals surface area contributed by atoms with Crippen LogP contribution in [0.1, 0.15) is 44.7 Å². The van der Waals surface area contributed by atoms with Gasteiger partial charge in [-0.2, -0.15) is 0 Å². The lowest BCUT2D eigenvalue weighted by Gasteiger charge is -2.17. The Bertz CT molecular complexity index is 1820. The Kier molecular flexibility index (Phi) is 12.1. The van der Waals surface area contributed by atoms with E-state index in [1.54, 1.807) is 27.3 Å². The van der Waals surface area contributed by atoms with Crippen molar-refractivity contribution in [3.05, 3.63) is 82.0 Å². The quantitative estimate of drug-likeness (QED) is 0.125. The highest BCUT2D eigenvalue weighted by Gasteiger charge is 2.22. The van der Waals surface area contributed by atoms with Gasteiger partial charge in [0.05, 0.1) is 41.8 Å². The lowest BCUT2D eigenvalue weighted by molar-refractivity contribution is -0.149. The van der Waals surface area contributed by atoms with Gasteiger partial charge < -0.3 is 30.2 Å². The molecular weight excluding hydrogens is 665 g/mol. The topological polar surface area (TPSA) is 124 Å². The zero-order chi connectivity index (χ0) is 35.1. The third kappa shape index (κ3) is 8.69. The summed E-state index contributed by atoms with van der Waals surface area (Å²) in [5.41, 5.74) is 5.92. The summed E-state index contributed by atoms with van der Waals surface area (Å²) in [6.07, 6.45) is 2.91. The highest BCUT2D eigenvalue weighted by atomic mass is 35.5. The Morgan fingerprint density at radius 3 is 2.43 bits per heavy atom. The van der Waals surface area contributed by atoms with Crippen molar-refractivity contribution >= 4 is 35.1 Å². The Morgan fingerprint density at radius 2 is 1.71 bits per heavy atom. The smallest absolute Gasteiger partial charge is 0.323 e. The van der Waals surface area contributed by atoms with Gasteiger partial charge in [-0.05, 0) is 45.4 Å². The summed E-state index contributed by atoms with van der Waals surface area (Å²) in [7, 11) is 3.19. The first-order valence-electron chi connectivity index (χ1n) is 16.2. The van der Waals surface area contributed by atoms with Gasteiger partial charge in [-0.3, -0.25) is 14.6 Å². The van der Waals surface area contributed by atoms with E-state index < -0.39 is 6.04 Å². The minimum atomic E-state index is -0.482. The van der Waals surface area contributed by atoms with Crippen LogP contribution in [0.25, 0.3) is 33.6 Å². The maximum absolute atomic E-state index is 12.2. The summed E-state index contributed by atoms with van der Waals surface area (Å²) in [6.45, 7) is 7.02. The van der Waals surface area contributed by atoms with Gasteiger partial charge in [0, 0.05) is 71.7 Å². The third-order valence-electron chi connectivity index (χ3n) is 8.24. The van der Waals surface area contributed by atoms with Crippen LogP contribution < -0.4 is 25.4 Å². The fraction of sp³-hybridized carbons (Fsp3) is 0.351.